The lowest BCUT2D eigenvalue weighted by Gasteiger charge is -2.17. The summed E-state index contributed by atoms with van der Waals surface area (Å²) < 4.78 is 9.51. The molecule has 8 nitrogen and oxygen atoms in total. The highest BCUT2D eigenvalue weighted by atomic mass is 16.6. The molecule has 4 aromatic rings. The van der Waals surface area contributed by atoms with Crippen molar-refractivity contribution in [3.63, 3.8) is 0 Å². The number of ketones is 2. The Hall–Kier alpha value is -5.63. The first-order valence-electron chi connectivity index (χ1n) is 15.8. The molecule has 0 saturated carbocycles. The minimum atomic E-state index is -0.710. The SMILES string of the molecule is C=C(C)C(=O)OC(=O)C(=C)C.C=C(C)C(=O)Oc1ccc2cc(C(=O)C(C)(C)C)ccc2c1.CC(C)(C)C(=O)c1ccc2cc(O)ccc2c1. The van der Waals surface area contributed by atoms with Crippen LogP contribution >= 0.6 is 0 Å². The minimum Gasteiger partial charge on any atom is -0.508 e. The number of Topliss-reactive ketones (excluding diaryl/α,β-unsaturated/α-hetero) is 2. The molecular formula is C42H46O8. The summed E-state index contributed by atoms with van der Waals surface area (Å²) in [7, 11) is 0. The zero-order valence-corrected chi connectivity index (χ0v) is 30.4. The van der Waals surface area contributed by atoms with Gasteiger partial charge in [0.15, 0.2) is 11.6 Å². The zero-order chi connectivity index (χ0) is 38.1. The zero-order valence-electron chi connectivity index (χ0n) is 30.4. The number of esters is 3. The molecule has 262 valence electrons. The second kappa shape index (κ2) is 16.7. The number of ether oxygens (including phenoxy) is 2. The van der Waals surface area contributed by atoms with E-state index in [1.165, 1.54) is 13.8 Å². The van der Waals surface area contributed by atoms with E-state index in [1.54, 1.807) is 37.3 Å². The van der Waals surface area contributed by atoms with E-state index in [2.05, 4.69) is 24.5 Å². The smallest absolute Gasteiger partial charge is 0.340 e. The molecule has 0 aliphatic rings. The number of carbonyl (C=O) groups excluding carboxylic acids is 5. The average molecular weight is 679 g/mol. The summed E-state index contributed by atoms with van der Waals surface area (Å²) in [5, 5.41) is 13.1. The van der Waals surface area contributed by atoms with E-state index in [0.29, 0.717) is 16.9 Å². The minimum absolute atomic E-state index is 0.104. The second-order valence-electron chi connectivity index (χ2n) is 14.0. The van der Waals surface area contributed by atoms with Crippen molar-refractivity contribution < 1.29 is 38.6 Å². The van der Waals surface area contributed by atoms with E-state index in [0.717, 1.165) is 27.1 Å². The summed E-state index contributed by atoms with van der Waals surface area (Å²) in [6, 6.07) is 21.6. The van der Waals surface area contributed by atoms with Crippen molar-refractivity contribution in [3.8, 4) is 11.5 Å². The van der Waals surface area contributed by atoms with Gasteiger partial charge in [0.25, 0.3) is 0 Å². The van der Waals surface area contributed by atoms with Crippen molar-refractivity contribution in [1.29, 1.82) is 0 Å². The molecule has 50 heavy (non-hydrogen) atoms. The van der Waals surface area contributed by atoms with Crippen LogP contribution in [0.15, 0.2) is 109 Å². The van der Waals surface area contributed by atoms with Crippen LogP contribution in [-0.2, 0) is 19.1 Å². The number of phenols is 1. The van der Waals surface area contributed by atoms with Crippen molar-refractivity contribution in [1.82, 2.24) is 0 Å². The van der Waals surface area contributed by atoms with Gasteiger partial charge >= 0.3 is 17.9 Å². The lowest BCUT2D eigenvalue weighted by atomic mass is 9.86. The Morgan fingerprint density at radius 2 is 0.880 bits per heavy atom. The van der Waals surface area contributed by atoms with Gasteiger partial charge in [-0.05, 0) is 78.7 Å². The lowest BCUT2D eigenvalue weighted by Crippen LogP contribution is -2.20. The molecule has 0 radical (unpaired) electrons. The topological polar surface area (TPSA) is 124 Å². The van der Waals surface area contributed by atoms with E-state index < -0.39 is 23.3 Å². The van der Waals surface area contributed by atoms with Crippen LogP contribution in [0.3, 0.4) is 0 Å². The molecule has 8 heteroatoms. The third-order valence-corrected chi connectivity index (χ3v) is 6.96. The van der Waals surface area contributed by atoms with E-state index in [9.17, 15) is 29.1 Å². The van der Waals surface area contributed by atoms with Gasteiger partial charge in [-0.1, -0.05) is 97.7 Å². The maximum atomic E-state index is 12.3. The monoisotopic (exact) mass is 678 g/mol. The van der Waals surface area contributed by atoms with Gasteiger partial charge in [0.05, 0.1) is 0 Å². The fraction of sp³-hybridized carbons (Fsp3) is 0.262. The van der Waals surface area contributed by atoms with E-state index >= 15 is 0 Å². The van der Waals surface area contributed by atoms with Crippen LogP contribution in [0.2, 0.25) is 0 Å². The fourth-order valence-corrected chi connectivity index (χ4v) is 4.12. The molecule has 4 rings (SSSR count). The molecule has 0 aliphatic carbocycles. The summed E-state index contributed by atoms with van der Waals surface area (Å²) in [6.45, 7) is 26.2. The summed E-state index contributed by atoms with van der Waals surface area (Å²) in [5.74, 6) is -0.919. The maximum Gasteiger partial charge on any atom is 0.340 e. The molecule has 0 unspecified atom stereocenters. The van der Waals surface area contributed by atoms with Gasteiger partial charge in [-0.3, -0.25) is 9.59 Å². The van der Waals surface area contributed by atoms with Crippen LogP contribution < -0.4 is 4.74 Å². The number of rotatable bonds is 6. The molecule has 0 aliphatic heterocycles. The van der Waals surface area contributed by atoms with Crippen LogP contribution in [0, 0.1) is 10.8 Å². The van der Waals surface area contributed by atoms with E-state index in [4.69, 9.17) is 4.74 Å². The average Bonchev–Trinajstić information content (AvgIpc) is 3.03. The van der Waals surface area contributed by atoms with Crippen molar-refractivity contribution in [2.45, 2.75) is 62.3 Å². The lowest BCUT2D eigenvalue weighted by molar-refractivity contribution is -0.154. The molecule has 4 aromatic carbocycles. The molecule has 0 fully saturated rings. The van der Waals surface area contributed by atoms with Crippen LogP contribution in [-0.4, -0.2) is 34.6 Å². The first kappa shape index (κ1) is 40.5. The highest BCUT2D eigenvalue weighted by molar-refractivity contribution is 6.04. The Balaban J connectivity index is 0.000000276. The molecule has 0 bridgehead atoms. The molecule has 0 aromatic heterocycles. The van der Waals surface area contributed by atoms with E-state index in [1.807, 2.05) is 84.0 Å². The standard InChI is InChI=1S/C19H20O3.C15H16O2.C8H10O3/c1-12(2)18(21)22-16-9-8-13-10-15(7-6-14(13)11-16)17(20)19(3,4)5;1-15(2,3)14(17)12-5-4-11-9-13(16)7-6-10(11)8-12;1-5(2)7(9)11-8(10)6(3)4/h6-11H,1H2,2-5H3;4-9,16H,1-3H3;1,3H2,2,4H3. The van der Waals surface area contributed by atoms with Gasteiger partial charge in [0.2, 0.25) is 0 Å². The molecule has 0 amide bonds. The van der Waals surface area contributed by atoms with Crippen LogP contribution in [0.1, 0.15) is 83.0 Å². The van der Waals surface area contributed by atoms with Gasteiger partial charge in [-0.15, -0.1) is 0 Å². The van der Waals surface area contributed by atoms with Gasteiger partial charge in [0.1, 0.15) is 11.5 Å². The van der Waals surface area contributed by atoms with Crippen molar-refractivity contribution >= 4 is 51.0 Å². The summed E-state index contributed by atoms with van der Waals surface area (Å²) in [4.78, 5) is 57.3. The van der Waals surface area contributed by atoms with Crippen LogP contribution in [0.4, 0.5) is 0 Å². The summed E-state index contributed by atoms with van der Waals surface area (Å²) in [5.41, 5.74) is 1.36. The molecule has 0 heterocycles. The van der Waals surface area contributed by atoms with Crippen molar-refractivity contribution in [2.75, 3.05) is 0 Å². The Kier molecular flexibility index (Phi) is 13.5. The number of benzene rings is 4. The van der Waals surface area contributed by atoms with Crippen LogP contribution in [0.5, 0.6) is 11.5 Å². The van der Waals surface area contributed by atoms with Crippen molar-refractivity contribution in [2.24, 2.45) is 10.8 Å². The normalized spacial score (nSPS) is 10.8. The molecule has 1 N–H and O–H groups in total. The predicted octanol–water partition coefficient (Wildman–Crippen LogP) is 9.53. The van der Waals surface area contributed by atoms with Gasteiger partial charge in [-0.25, -0.2) is 14.4 Å². The molecule has 0 saturated heterocycles. The number of phenolic OH excluding ortho intramolecular Hbond substituents is 1. The Morgan fingerprint density at radius 1 is 0.520 bits per heavy atom. The van der Waals surface area contributed by atoms with Gasteiger partial charge in [-0.2, -0.15) is 0 Å². The molecule has 0 spiro atoms. The largest absolute Gasteiger partial charge is 0.508 e. The third kappa shape index (κ3) is 11.8. The third-order valence-electron chi connectivity index (χ3n) is 6.96. The summed E-state index contributed by atoms with van der Waals surface area (Å²) in [6.07, 6.45) is 0. The number of fused-ring (bicyclic) bond motifs is 2. The second-order valence-corrected chi connectivity index (χ2v) is 14.0. The number of hydrogen-bond donors (Lipinski definition) is 1. The highest BCUT2D eigenvalue weighted by Crippen LogP contribution is 2.27. The first-order valence-corrected chi connectivity index (χ1v) is 15.8. The highest BCUT2D eigenvalue weighted by Gasteiger charge is 2.24. The summed E-state index contributed by atoms with van der Waals surface area (Å²) >= 11 is 0. The number of aromatic hydroxyl groups is 1. The Bertz CT molecular complexity index is 1970. The maximum absolute atomic E-state index is 12.3. The van der Waals surface area contributed by atoms with Gasteiger partial charge in [0, 0.05) is 38.7 Å². The number of hydrogen-bond acceptors (Lipinski definition) is 8. The first-order chi connectivity index (χ1) is 23.0. The van der Waals surface area contributed by atoms with Gasteiger partial charge < -0.3 is 14.6 Å². The number of carbonyl (C=O) groups is 5. The van der Waals surface area contributed by atoms with Crippen LogP contribution in [0.25, 0.3) is 21.5 Å². The quantitative estimate of drug-likeness (QED) is 0.0703. The van der Waals surface area contributed by atoms with E-state index in [-0.39, 0.29) is 33.9 Å². The molecular weight excluding hydrogens is 632 g/mol. The Morgan fingerprint density at radius 3 is 1.28 bits per heavy atom. The fourth-order valence-electron chi connectivity index (χ4n) is 4.12. The molecule has 0 atom stereocenters. The Labute approximate surface area is 294 Å². The predicted molar refractivity (Wildman–Crippen MR) is 198 cm³/mol. The van der Waals surface area contributed by atoms with Crippen molar-refractivity contribution in [3.05, 3.63) is 120 Å².